The van der Waals surface area contributed by atoms with Gasteiger partial charge in [0.25, 0.3) is 0 Å². The predicted octanol–water partition coefficient (Wildman–Crippen LogP) is 5.65. The van der Waals surface area contributed by atoms with Crippen molar-refractivity contribution in [1.29, 1.82) is 0 Å². The molecule has 0 fully saturated rings. The van der Waals surface area contributed by atoms with Gasteiger partial charge in [0.05, 0.1) is 21.3 Å². The van der Waals surface area contributed by atoms with Crippen LogP contribution in [-0.4, -0.2) is 20.2 Å². The fraction of sp³-hybridized carbons (Fsp3) is 0. The molecule has 0 unspecified atom stereocenters. The third-order valence-corrected chi connectivity index (χ3v) is 4.93. The average Bonchev–Trinajstić information content (AvgIpc) is 2.60. The van der Waals surface area contributed by atoms with Crippen LogP contribution in [0.25, 0.3) is 33.1 Å². The van der Waals surface area contributed by atoms with Crippen LogP contribution in [0, 0.1) is 6.20 Å². The van der Waals surface area contributed by atoms with Gasteiger partial charge in [0.15, 0.2) is 5.15 Å². The van der Waals surface area contributed by atoms with Gasteiger partial charge in [-0.1, -0.05) is 70.7 Å². The highest BCUT2D eigenvalue weighted by atomic mass is 35.5. The molecule has 0 aliphatic rings. The zero-order valence-corrected chi connectivity index (χ0v) is 14.7. The summed E-state index contributed by atoms with van der Waals surface area (Å²) in [5, 5.41) is 10.7. The van der Waals surface area contributed by atoms with Crippen molar-refractivity contribution in [3.05, 3.63) is 56.9 Å². The number of rotatable bonds is 1. The quantitative estimate of drug-likeness (QED) is 0.391. The molecular formula is C16H5Cl4N4. The summed E-state index contributed by atoms with van der Waals surface area (Å²) in [7, 11) is 0. The van der Waals surface area contributed by atoms with E-state index in [0.717, 1.165) is 10.8 Å². The fourth-order valence-corrected chi connectivity index (χ4v) is 3.48. The zero-order valence-electron chi connectivity index (χ0n) is 11.7. The summed E-state index contributed by atoms with van der Waals surface area (Å²) in [5.74, 6) is 0. The molecule has 4 rings (SSSR count). The largest absolute Gasteiger partial charge is 0.239 e. The van der Waals surface area contributed by atoms with Crippen molar-refractivity contribution < 1.29 is 0 Å². The van der Waals surface area contributed by atoms with E-state index in [1.807, 2.05) is 24.3 Å². The van der Waals surface area contributed by atoms with E-state index in [1.165, 1.54) is 0 Å². The van der Waals surface area contributed by atoms with Crippen molar-refractivity contribution in [3.63, 3.8) is 0 Å². The van der Waals surface area contributed by atoms with Crippen LogP contribution in [0.15, 0.2) is 30.5 Å². The molecule has 4 aromatic rings. The van der Waals surface area contributed by atoms with E-state index in [9.17, 15) is 0 Å². The molecule has 0 saturated heterocycles. The van der Waals surface area contributed by atoms with Crippen LogP contribution >= 0.6 is 46.4 Å². The number of hydrogen-bond donors (Lipinski definition) is 0. The Kier molecular flexibility index (Phi) is 3.93. The average molecular weight is 395 g/mol. The van der Waals surface area contributed by atoms with Gasteiger partial charge in [0.1, 0.15) is 22.9 Å². The van der Waals surface area contributed by atoms with Crippen LogP contribution in [0.1, 0.15) is 0 Å². The second kappa shape index (κ2) is 5.97. The number of hydrogen-bond acceptors (Lipinski definition) is 4. The van der Waals surface area contributed by atoms with Gasteiger partial charge in [-0.05, 0) is 0 Å². The lowest BCUT2D eigenvalue weighted by Gasteiger charge is -2.12. The molecule has 0 aliphatic carbocycles. The monoisotopic (exact) mass is 393 g/mol. The third-order valence-electron chi connectivity index (χ3n) is 3.55. The Bertz CT molecular complexity index is 1110. The van der Waals surface area contributed by atoms with Crippen LogP contribution in [0.3, 0.4) is 0 Å². The first-order valence-electron chi connectivity index (χ1n) is 6.70. The summed E-state index contributed by atoms with van der Waals surface area (Å²) in [6, 6.07) is 7.63. The highest BCUT2D eigenvalue weighted by Gasteiger charge is 2.22. The van der Waals surface area contributed by atoms with Crippen molar-refractivity contribution in [2.24, 2.45) is 0 Å². The maximum absolute atomic E-state index is 6.54. The molecule has 117 valence electrons. The van der Waals surface area contributed by atoms with Gasteiger partial charge in [0, 0.05) is 16.3 Å². The Balaban J connectivity index is 2.17. The van der Waals surface area contributed by atoms with Crippen molar-refractivity contribution in [1.82, 2.24) is 20.2 Å². The van der Waals surface area contributed by atoms with Gasteiger partial charge in [-0.15, -0.1) is 5.10 Å². The maximum atomic E-state index is 6.54. The minimum Gasteiger partial charge on any atom is -0.239 e. The smallest absolute Gasteiger partial charge is 0.157 e. The second-order valence-electron chi connectivity index (χ2n) is 4.92. The molecule has 0 amide bonds. The predicted molar refractivity (Wildman–Crippen MR) is 96.9 cm³/mol. The highest BCUT2D eigenvalue weighted by Crippen LogP contribution is 2.45. The summed E-state index contributed by atoms with van der Waals surface area (Å²) < 4.78 is 0. The summed E-state index contributed by atoms with van der Waals surface area (Å²) in [6.07, 6.45) is 4.19. The lowest BCUT2D eigenvalue weighted by Crippen LogP contribution is -1.95. The molecule has 0 spiro atoms. The van der Waals surface area contributed by atoms with Gasteiger partial charge in [0.2, 0.25) is 0 Å². The van der Waals surface area contributed by atoms with E-state index in [2.05, 4.69) is 26.4 Å². The molecule has 0 bridgehead atoms. The summed E-state index contributed by atoms with van der Waals surface area (Å²) in [5.41, 5.74) is 1.61. The Morgan fingerprint density at radius 2 is 1.67 bits per heavy atom. The highest BCUT2D eigenvalue weighted by molar-refractivity contribution is 6.50. The lowest BCUT2D eigenvalue weighted by atomic mass is 10.0. The van der Waals surface area contributed by atoms with Gasteiger partial charge >= 0.3 is 0 Å². The lowest BCUT2D eigenvalue weighted by molar-refractivity contribution is 1.06. The molecule has 2 aromatic heterocycles. The van der Waals surface area contributed by atoms with E-state index in [4.69, 9.17) is 46.4 Å². The molecule has 2 aromatic carbocycles. The van der Waals surface area contributed by atoms with Crippen molar-refractivity contribution in [3.8, 4) is 11.3 Å². The van der Waals surface area contributed by atoms with Crippen molar-refractivity contribution in [2.75, 3.05) is 0 Å². The number of aromatic nitrogens is 4. The first-order chi connectivity index (χ1) is 11.6. The van der Waals surface area contributed by atoms with Gasteiger partial charge in [-0.3, -0.25) is 0 Å². The number of halogens is 4. The number of fused-ring (bicyclic) bond motifs is 2. The molecule has 24 heavy (non-hydrogen) atoms. The molecule has 0 N–H and O–H groups in total. The minimum atomic E-state index is 0.0812. The maximum Gasteiger partial charge on any atom is 0.157 e. The van der Waals surface area contributed by atoms with Crippen LogP contribution < -0.4 is 0 Å². The van der Waals surface area contributed by atoms with E-state index in [1.54, 1.807) is 6.20 Å². The summed E-state index contributed by atoms with van der Waals surface area (Å²) in [4.78, 5) is 8.21. The Morgan fingerprint density at radius 1 is 0.875 bits per heavy atom. The molecule has 8 heteroatoms. The molecular weight excluding hydrogens is 390 g/mol. The van der Waals surface area contributed by atoms with Crippen molar-refractivity contribution in [2.45, 2.75) is 0 Å². The summed E-state index contributed by atoms with van der Waals surface area (Å²) in [6.45, 7) is 0. The van der Waals surface area contributed by atoms with Crippen LogP contribution in [0.5, 0.6) is 0 Å². The fourth-order valence-electron chi connectivity index (χ4n) is 2.49. The summed E-state index contributed by atoms with van der Waals surface area (Å²) >= 11 is 25.2. The number of benzene rings is 2. The third kappa shape index (κ3) is 2.38. The van der Waals surface area contributed by atoms with Crippen LogP contribution in [-0.2, 0) is 0 Å². The van der Waals surface area contributed by atoms with Gasteiger partial charge < -0.3 is 0 Å². The van der Waals surface area contributed by atoms with E-state index in [-0.39, 0.29) is 20.2 Å². The topological polar surface area (TPSA) is 51.6 Å². The minimum absolute atomic E-state index is 0.0812. The molecule has 1 radical (unpaired) electrons. The van der Waals surface area contributed by atoms with Gasteiger partial charge in [-0.2, -0.15) is 5.10 Å². The molecule has 0 atom stereocenters. The normalized spacial score (nSPS) is 11.3. The standard InChI is InChI=1S/C16H5Cl4N4/c17-9-6-21-15-13(20)11(18)10(12(19)16(15)23-9)14-8-4-2-1-3-7(8)5-22-24-14/h1-5H. The molecule has 0 saturated carbocycles. The number of nitrogens with zero attached hydrogens (tertiary/aromatic N) is 4. The van der Waals surface area contributed by atoms with Crippen molar-refractivity contribution >= 4 is 68.2 Å². The Morgan fingerprint density at radius 3 is 2.50 bits per heavy atom. The first-order valence-corrected chi connectivity index (χ1v) is 8.21. The molecule has 2 heterocycles. The SMILES string of the molecule is Clc1[c]nc2c(Cl)c(Cl)c(-c3nncc4ccccc34)c(Cl)c2n1. The van der Waals surface area contributed by atoms with Crippen LogP contribution in [0.4, 0.5) is 0 Å². The van der Waals surface area contributed by atoms with Crippen LogP contribution in [0.2, 0.25) is 20.2 Å². The zero-order chi connectivity index (χ0) is 16.8. The first kappa shape index (κ1) is 15.8. The van der Waals surface area contributed by atoms with E-state index >= 15 is 0 Å². The Labute approximate surface area is 156 Å². The second-order valence-corrected chi connectivity index (χ2v) is 6.41. The molecule has 0 aliphatic heterocycles. The molecule has 4 nitrogen and oxygen atoms in total. The van der Waals surface area contributed by atoms with E-state index < -0.39 is 0 Å². The van der Waals surface area contributed by atoms with Gasteiger partial charge in [-0.25, -0.2) is 9.97 Å². The Hall–Kier alpha value is -1.72. The van der Waals surface area contributed by atoms with E-state index in [0.29, 0.717) is 22.3 Å².